The number of oxazole rings is 1. The van der Waals surface area contributed by atoms with Gasteiger partial charge in [0.2, 0.25) is 11.8 Å². The largest absolute Gasteiger partial charge is 0.493 e. The summed E-state index contributed by atoms with van der Waals surface area (Å²) in [6, 6.07) is 13.1. The van der Waals surface area contributed by atoms with Crippen LogP contribution < -0.4 is 10.1 Å². The highest BCUT2D eigenvalue weighted by Gasteiger charge is 2.27. The van der Waals surface area contributed by atoms with Crippen LogP contribution >= 0.6 is 0 Å². The van der Waals surface area contributed by atoms with Crippen LogP contribution in [0.4, 0.5) is 5.69 Å². The predicted molar refractivity (Wildman–Crippen MR) is 92.6 cm³/mol. The van der Waals surface area contributed by atoms with E-state index in [2.05, 4.69) is 10.3 Å². The molecule has 2 heterocycles. The van der Waals surface area contributed by atoms with Gasteiger partial charge in [-0.3, -0.25) is 4.79 Å². The first-order valence-corrected chi connectivity index (χ1v) is 8.15. The summed E-state index contributed by atoms with van der Waals surface area (Å²) < 4.78 is 16.2. The molecule has 0 spiro atoms. The minimum absolute atomic E-state index is 0.0456. The SMILES string of the molecule is COCc1nc2cc(NC(=O)C3CCOc4ccccc43)ccc2o1. The smallest absolute Gasteiger partial charge is 0.232 e. The molecule has 4 rings (SSSR count). The zero-order valence-corrected chi connectivity index (χ0v) is 13.8. The number of hydrogen-bond acceptors (Lipinski definition) is 5. The van der Waals surface area contributed by atoms with E-state index < -0.39 is 0 Å². The van der Waals surface area contributed by atoms with Gasteiger partial charge in [-0.15, -0.1) is 0 Å². The normalized spacial score (nSPS) is 16.3. The van der Waals surface area contributed by atoms with E-state index in [9.17, 15) is 4.79 Å². The number of benzene rings is 2. The molecule has 1 atom stereocenters. The van der Waals surface area contributed by atoms with Crippen molar-refractivity contribution >= 4 is 22.7 Å². The van der Waals surface area contributed by atoms with E-state index in [-0.39, 0.29) is 11.8 Å². The third-order valence-corrected chi connectivity index (χ3v) is 4.24. The van der Waals surface area contributed by atoms with Gasteiger partial charge in [0.15, 0.2) is 5.58 Å². The number of ether oxygens (including phenoxy) is 2. The lowest BCUT2D eigenvalue weighted by Crippen LogP contribution is -2.26. The van der Waals surface area contributed by atoms with Gasteiger partial charge >= 0.3 is 0 Å². The van der Waals surface area contributed by atoms with E-state index in [1.165, 1.54) is 0 Å². The van der Waals surface area contributed by atoms with Gasteiger partial charge in [0.25, 0.3) is 0 Å². The summed E-state index contributed by atoms with van der Waals surface area (Å²) in [7, 11) is 1.59. The first-order valence-electron chi connectivity index (χ1n) is 8.15. The van der Waals surface area contributed by atoms with Crippen LogP contribution in [0.25, 0.3) is 11.1 Å². The fourth-order valence-corrected chi connectivity index (χ4v) is 3.08. The fraction of sp³-hybridized carbons (Fsp3) is 0.263. The van der Waals surface area contributed by atoms with Gasteiger partial charge in [0.05, 0.1) is 12.5 Å². The van der Waals surface area contributed by atoms with Crippen molar-refractivity contribution in [3.8, 4) is 5.75 Å². The first-order chi connectivity index (χ1) is 12.2. The molecule has 0 saturated carbocycles. The topological polar surface area (TPSA) is 73.6 Å². The molecule has 1 unspecified atom stereocenters. The summed E-state index contributed by atoms with van der Waals surface area (Å²) in [5.41, 5.74) is 2.98. The van der Waals surface area contributed by atoms with E-state index in [4.69, 9.17) is 13.9 Å². The van der Waals surface area contributed by atoms with Crippen LogP contribution in [-0.2, 0) is 16.1 Å². The van der Waals surface area contributed by atoms with Gasteiger partial charge in [0.1, 0.15) is 17.9 Å². The lowest BCUT2D eigenvalue weighted by atomic mass is 9.92. The predicted octanol–water partition coefficient (Wildman–Crippen LogP) is 3.48. The molecule has 128 valence electrons. The Balaban J connectivity index is 1.56. The Morgan fingerprint density at radius 2 is 2.20 bits per heavy atom. The van der Waals surface area contributed by atoms with Crippen molar-refractivity contribution in [2.24, 2.45) is 0 Å². The molecule has 1 amide bonds. The van der Waals surface area contributed by atoms with Crippen LogP contribution in [0.2, 0.25) is 0 Å². The molecular weight excluding hydrogens is 320 g/mol. The Hall–Kier alpha value is -2.86. The maximum Gasteiger partial charge on any atom is 0.232 e. The van der Waals surface area contributed by atoms with Crippen molar-refractivity contribution in [3.63, 3.8) is 0 Å². The summed E-state index contributed by atoms with van der Waals surface area (Å²) in [6.07, 6.45) is 0.660. The van der Waals surface area contributed by atoms with Crippen molar-refractivity contribution in [1.29, 1.82) is 0 Å². The molecule has 1 aromatic heterocycles. The monoisotopic (exact) mass is 338 g/mol. The molecule has 0 aliphatic carbocycles. The number of anilines is 1. The number of carbonyl (C=O) groups is 1. The summed E-state index contributed by atoms with van der Waals surface area (Å²) in [6.45, 7) is 0.854. The first kappa shape index (κ1) is 15.7. The molecule has 3 aromatic rings. The molecule has 0 radical (unpaired) electrons. The number of nitrogens with one attached hydrogen (secondary N) is 1. The zero-order valence-electron chi connectivity index (χ0n) is 13.8. The second-order valence-electron chi connectivity index (χ2n) is 5.94. The number of methoxy groups -OCH3 is 1. The summed E-state index contributed by atoms with van der Waals surface area (Å²) in [5, 5.41) is 2.98. The highest BCUT2D eigenvalue weighted by molar-refractivity contribution is 5.97. The van der Waals surface area contributed by atoms with Crippen LogP contribution in [-0.4, -0.2) is 24.6 Å². The van der Waals surface area contributed by atoms with Gasteiger partial charge in [0, 0.05) is 18.4 Å². The van der Waals surface area contributed by atoms with Gasteiger partial charge in [-0.1, -0.05) is 18.2 Å². The van der Waals surface area contributed by atoms with Crippen molar-refractivity contribution in [2.45, 2.75) is 18.9 Å². The van der Waals surface area contributed by atoms with Crippen LogP contribution in [0, 0.1) is 0 Å². The van der Waals surface area contributed by atoms with E-state index in [0.29, 0.717) is 42.3 Å². The third kappa shape index (κ3) is 3.08. The number of nitrogens with zero attached hydrogens (tertiary/aromatic N) is 1. The molecular formula is C19H18N2O4. The number of para-hydroxylation sites is 1. The van der Waals surface area contributed by atoms with Crippen molar-refractivity contribution < 1.29 is 18.7 Å². The number of carbonyl (C=O) groups excluding carboxylic acids is 1. The number of fused-ring (bicyclic) bond motifs is 2. The molecule has 1 aliphatic heterocycles. The van der Waals surface area contributed by atoms with Gasteiger partial charge in [-0.2, -0.15) is 0 Å². The third-order valence-electron chi connectivity index (χ3n) is 4.24. The average molecular weight is 338 g/mol. The van der Waals surface area contributed by atoms with Gasteiger partial charge in [-0.05, 0) is 30.7 Å². The van der Waals surface area contributed by atoms with Crippen LogP contribution in [0.5, 0.6) is 5.75 Å². The number of amides is 1. The van der Waals surface area contributed by atoms with Crippen LogP contribution in [0.3, 0.4) is 0 Å². The molecule has 25 heavy (non-hydrogen) atoms. The molecule has 0 saturated heterocycles. The molecule has 6 heteroatoms. The number of rotatable bonds is 4. The maximum absolute atomic E-state index is 12.7. The van der Waals surface area contributed by atoms with E-state index in [1.54, 1.807) is 19.2 Å². The summed E-state index contributed by atoms with van der Waals surface area (Å²) in [5.74, 6) is 1.03. The number of hydrogen-bond donors (Lipinski definition) is 1. The molecule has 1 N–H and O–H groups in total. The van der Waals surface area contributed by atoms with E-state index >= 15 is 0 Å². The quantitative estimate of drug-likeness (QED) is 0.788. The van der Waals surface area contributed by atoms with Crippen LogP contribution in [0.1, 0.15) is 23.8 Å². The van der Waals surface area contributed by atoms with E-state index in [1.807, 2.05) is 30.3 Å². The minimum atomic E-state index is -0.220. The van der Waals surface area contributed by atoms with E-state index in [0.717, 1.165) is 11.3 Å². The lowest BCUT2D eigenvalue weighted by molar-refractivity contribution is -0.118. The van der Waals surface area contributed by atoms with Gasteiger partial charge < -0.3 is 19.2 Å². The molecule has 0 bridgehead atoms. The average Bonchev–Trinajstić information content (AvgIpc) is 3.03. The van der Waals surface area contributed by atoms with Crippen molar-refractivity contribution in [3.05, 3.63) is 53.9 Å². The molecule has 0 fully saturated rings. The number of aromatic nitrogens is 1. The second-order valence-corrected chi connectivity index (χ2v) is 5.94. The summed E-state index contributed by atoms with van der Waals surface area (Å²) >= 11 is 0. The molecule has 2 aromatic carbocycles. The lowest BCUT2D eigenvalue weighted by Gasteiger charge is -2.25. The van der Waals surface area contributed by atoms with Crippen LogP contribution in [0.15, 0.2) is 46.9 Å². The second kappa shape index (κ2) is 6.57. The minimum Gasteiger partial charge on any atom is -0.493 e. The Kier molecular flexibility index (Phi) is 4.11. The molecule has 1 aliphatic rings. The maximum atomic E-state index is 12.7. The Labute approximate surface area is 144 Å². The zero-order chi connectivity index (χ0) is 17.2. The standard InChI is InChI=1S/C19H18N2O4/c1-23-11-18-21-15-10-12(6-7-17(15)25-18)20-19(22)14-8-9-24-16-5-3-2-4-13(14)16/h2-7,10,14H,8-9,11H2,1H3,(H,20,22). The Morgan fingerprint density at radius 1 is 1.32 bits per heavy atom. The highest BCUT2D eigenvalue weighted by atomic mass is 16.5. The molecule has 6 nitrogen and oxygen atoms in total. The van der Waals surface area contributed by atoms with Gasteiger partial charge in [-0.25, -0.2) is 4.98 Å². The summed E-state index contributed by atoms with van der Waals surface area (Å²) in [4.78, 5) is 17.1. The Morgan fingerprint density at radius 3 is 3.08 bits per heavy atom. The highest BCUT2D eigenvalue weighted by Crippen LogP contribution is 2.34. The fourth-order valence-electron chi connectivity index (χ4n) is 3.08. The van der Waals surface area contributed by atoms with Crippen molar-refractivity contribution in [1.82, 2.24) is 4.98 Å². The van der Waals surface area contributed by atoms with Crippen molar-refractivity contribution in [2.75, 3.05) is 19.0 Å². The Bertz CT molecular complexity index is 919.